The van der Waals surface area contributed by atoms with Crippen molar-refractivity contribution in [2.24, 2.45) is 0 Å². The van der Waals surface area contributed by atoms with Crippen LogP contribution in [0.25, 0.3) is 0 Å². The van der Waals surface area contributed by atoms with Crippen molar-refractivity contribution in [3.05, 3.63) is 54.1 Å². The maximum Gasteiger partial charge on any atom is 0.262 e. The summed E-state index contributed by atoms with van der Waals surface area (Å²) >= 11 is 0. The molecule has 1 N–H and O–H groups in total. The molecule has 2 aromatic rings. The summed E-state index contributed by atoms with van der Waals surface area (Å²) in [7, 11) is -3.71. The molecule has 0 saturated carbocycles. The average molecular weight is 374 g/mol. The van der Waals surface area contributed by atoms with Crippen LogP contribution in [0.15, 0.2) is 53.4 Å². The number of benzene rings is 2. The molecule has 2 aliphatic rings. The molecule has 4 rings (SSSR count). The number of ether oxygens (including phenoxy) is 2. The molecule has 1 amide bonds. The number of anilines is 1. The molecule has 8 heteroatoms. The number of morpholine rings is 1. The van der Waals surface area contributed by atoms with Gasteiger partial charge in [-0.05, 0) is 23.8 Å². The van der Waals surface area contributed by atoms with E-state index in [2.05, 4.69) is 5.32 Å². The number of sulfonamides is 1. The minimum Gasteiger partial charge on any atom is -0.482 e. The Kier molecular flexibility index (Phi) is 4.39. The largest absolute Gasteiger partial charge is 0.482 e. The van der Waals surface area contributed by atoms with E-state index in [0.717, 1.165) is 5.56 Å². The monoisotopic (exact) mass is 374 g/mol. The van der Waals surface area contributed by atoms with E-state index >= 15 is 0 Å². The van der Waals surface area contributed by atoms with Gasteiger partial charge in [-0.1, -0.05) is 30.3 Å². The molecule has 2 heterocycles. The highest BCUT2D eigenvalue weighted by Crippen LogP contribution is 2.32. The van der Waals surface area contributed by atoms with E-state index in [1.165, 1.54) is 16.4 Å². The Morgan fingerprint density at radius 2 is 1.92 bits per heavy atom. The second-order valence-electron chi connectivity index (χ2n) is 6.13. The Bertz CT molecular complexity index is 930. The molecular weight excluding hydrogens is 356 g/mol. The van der Waals surface area contributed by atoms with Gasteiger partial charge in [-0.3, -0.25) is 4.79 Å². The van der Waals surface area contributed by atoms with Crippen molar-refractivity contribution in [1.29, 1.82) is 0 Å². The highest BCUT2D eigenvalue weighted by Gasteiger charge is 2.32. The van der Waals surface area contributed by atoms with Crippen LogP contribution in [-0.2, 0) is 19.6 Å². The van der Waals surface area contributed by atoms with Crippen molar-refractivity contribution in [2.75, 3.05) is 31.6 Å². The van der Waals surface area contributed by atoms with E-state index in [0.29, 0.717) is 18.0 Å². The molecule has 1 saturated heterocycles. The van der Waals surface area contributed by atoms with Crippen LogP contribution in [0.1, 0.15) is 11.7 Å². The Morgan fingerprint density at radius 3 is 2.73 bits per heavy atom. The Morgan fingerprint density at radius 1 is 1.12 bits per heavy atom. The smallest absolute Gasteiger partial charge is 0.262 e. The Labute approximate surface area is 151 Å². The molecule has 0 aromatic heterocycles. The fourth-order valence-electron chi connectivity index (χ4n) is 3.09. The van der Waals surface area contributed by atoms with Crippen molar-refractivity contribution in [3.8, 4) is 5.75 Å². The zero-order chi connectivity index (χ0) is 18.1. The SMILES string of the molecule is O=C1COc2ccc(S(=O)(=O)N3CCOC(c4ccccc4)C3)cc2N1. The fraction of sp³-hybridized carbons (Fsp3) is 0.278. The number of nitrogens with zero attached hydrogens (tertiary/aromatic N) is 1. The summed E-state index contributed by atoms with van der Waals surface area (Å²) < 4.78 is 38.5. The summed E-state index contributed by atoms with van der Waals surface area (Å²) in [6, 6.07) is 14.1. The number of fused-ring (bicyclic) bond motifs is 1. The van der Waals surface area contributed by atoms with Crippen molar-refractivity contribution in [3.63, 3.8) is 0 Å². The molecule has 2 aromatic carbocycles. The topological polar surface area (TPSA) is 84.9 Å². The van der Waals surface area contributed by atoms with Crippen LogP contribution in [0.3, 0.4) is 0 Å². The lowest BCUT2D eigenvalue weighted by molar-refractivity contribution is -0.118. The highest BCUT2D eigenvalue weighted by molar-refractivity contribution is 7.89. The van der Waals surface area contributed by atoms with Gasteiger partial charge in [0, 0.05) is 13.1 Å². The van der Waals surface area contributed by atoms with Crippen molar-refractivity contribution in [2.45, 2.75) is 11.0 Å². The molecule has 26 heavy (non-hydrogen) atoms. The highest BCUT2D eigenvalue weighted by atomic mass is 32.2. The minimum atomic E-state index is -3.71. The van der Waals surface area contributed by atoms with Gasteiger partial charge in [-0.25, -0.2) is 8.42 Å². The van der Waals surface area contributed by atoms with Gasteiger partial charge in [-0.15, -0.1) is 0 Å². The second-order valence-corrected chi connectivity index (χ2v) is 8.07. The maximum atomic E-state index is 13.0. The normalized spacial score (nSPS) is 20.8. The van der Waals surface area contributed by atoms with E-state index in [1.807, 2.05) is 30.3 Å². The van der Waals surface area contributed by atoms with E-state index in [9.17, 15) is 13.2 Å². The van der Waals surface area contributed by atoms with Gasteiger partial charge in [0.15, 0.2) is 6.61 Å². The van der Waals surface area contributed by atoms with E-state index in [-0.39, 0.29) is 36.6 Å². The summed E-state index contributed by atoms with van der Waals surface area (Å²) in [5.74, 6) is 0.162. The van der Waals surface area contributed by atoms with Crippen LogP contribution in [-0.4, -0.2) is 44.9 Å². The number of nitrogens with one attached hydrogen (secondary N) is 1. The van der Waals surface area contributed by atoms with Gasteiger partial charge < -0.3 is 14.8 Å². The predicted molar refractivity (Wildman–Crippen MR) is 94.5 cm³/mol. The van der Waals surface area contributed by atoms with Crippen molar-refractivity contribution in [1.82, 2.24) is 4.31 Å². The summed E-state index contributed by atoms with van der Waals surface area (Å²) in [6.07, 6.45) is -0.305. The van der Waals surface area contributed by atoms with Gasteiger partial charge in [0.2, 0.25) is 10.0 Å². The summed E-state index contributed by atoms with van der Waals surface area (Å²) in [4.78, 5) is 11.6. The first-order chi connectivity index (χ1) is 12.5. The van der Waals surface area contributed by atoms with Crippen molar-refractivity contribution < 1.29 is 22.7 Å². The Hall–Kier alpha value is -2.42. The van der Waals surface area contributed by atoms with Crippen LogP contribution in [0, 0.1) is 0 Å². The molecule has 7 nitrogen and oxygen atoms in total. The molecule has 1 atom stereocenters. The van der Waals surface area contributed by atoms with Crippen molar-refractivity contribution >= 4 is 21.6 Å². The number of hydrogen-bond donors (Lipinski definition) is 1. The predicted octanol–water partition coefficient (Wildman–Crippen LogP) is 1.78. The van der Waals surface area contributed by atoms with Crippen LogP contribution >= 0.6 is 0 Å². The average Bonchev–Trinajstić information content (AvgIpc) is 2.68. The first-order valence-corrected chi connectivity index (χ1v) is 9.71. The summed E-state index contributed by atoms with van der Waals surface area (Å²) in [5.41, 5.74) is 1.31. The summed E-state index contributed by atoms with van der Waals surface area (Å²) in [5, 5.41) is 2.64. The minimum absolute atomic E-state index is 0.0681. The van der Waals surface area contributed by atoms with Gasteiger partial charge in [0.05, 0.1) is 23.3 Å². The lowest BCUT2D eigenvalue weighted by atomic mass is 10.1. The molecule has 136 valence electrons. The van der Waals surface area contributed by atoms with E-state index in [1.54, 1.807) is 6.07 Å². The van der Waals surface area contributed by atoms with Gasteiger partial charge >= 0.3 is 0 Å². The molecule has 0 spiro atoms. The number of carbonyl (C=O) groups excluding carboxylic acids is 1. The third-order valence-corrected chi connectivity index (χ3v) is 6.28. The molecule has 0 bridgehead atoms. The molecule has 1 fully saturated rings. The number of hydrogen-bond acceptors (Lipinski definition) is 5. The lowest BCUT2D eigenvalue weighted by Crippen LogP contribution is -2.42. The van der Waals surface area contributed by atoms with Gasteiger partial charge in [0.1, 0.15) is 5.75 Å². The first-order valence-electron chi connectivity index (χ1n) is 8.27. The second kappa shape index (κ2) is 6.71. The van der Waals surface area contributed by atoms with Crippen LogP contribution in [0.2, 0.25) is 0 Å². The molecule has 2 aliphatic heterocycles. The van der Waals surface area contributed by atoms with Gasteiger partial charge in [-0.2, -0.15) is 4.31 Å². The number of rotatable bonds is 3. The van der Waals surface area contributed by atoms with E-state index in [4.69, 9.17) is 9.47 Å². The number of amides is 1. The van der Waals surface area contributed by atoms with Crippen LogP contribution in [0.4, 0.5) is 5.69 Å². The zero-order valence-electron chi connectivity index (χ0n) is 13.9. The van der Waals surface area contributed by atoms with Crippen LogP contribution < -0.4 is 10.1 Å². The third kappa shape index (κ3) is 3.18. The van der Waals surface area contributed by atoms with E-state index < -0.39 is 10.0 Å². The molecule has 1 unspecified atom stereocenters. The third-order valence-electron chi connectivity index (χ3n) is 4.42. The quantitative estimate of drug-likeness (QED) is 0.885. The fourth-order valence-corrected chi connectivity index (χ4v) is 4.54. The molecule has 0 aliphatic carbocycles. The number of carbonyl (C=O) groups is 1. The zero-order valence-corrected chi connectivity index (χ0v) is 14.7. The molecular formula is C18H18N2O5S. The maximum absolute atomic E-state index is 13.0. The lowest BCUT2D eigenvalue weighted by Gasteiger charge is -2.32. The first kappa shape index (κ1) is 17.0. The summed E-state index contributed by atoms with van der Waals surface area (Å²) in [6.45, 7) is 0.781. The van der Waals surface area contributed by atoms with Gasteiger partial charge in [0.25, 0.3) is 5.91 Å². The standard InChI is InChI=1S/C18H18N2O5S/c21-18-12-25-16-7-6-14(10-15(16)19-18)26(22,23)20-8-9-24-17(11-20)13-4-2-1-3-5-13/h1-7,10,17H,8-9,11-12H2,(H,19,21). The Balaban J connectivity index is 1.60. The van der Waals surface area contributed by atoms with Crippen LogP contribution in [0.5, 0.6) is 5.75 Å². The molecule has 0 radical (unpaired) electrons.